The summed E-state index contributed by atoms with van der Waals surface area (Å²) < 4.78 is 18.7. The molecule has 0 spiro atoms. The minimum atomic E-state index is -0.0644. The van der Waals surface area contributed by atoms with Gasteiger partial charge in [0.25, 0.3) is 0 Å². The van der Waals surface area contributed by atoms with Gasteiger partial charge in [-0.05, 0) is 24.0 Å². The Labute approximate surface area is 149 Å². The lowest BCUT2D eigenvalue weighted by molar-refractivity contribution is -0.0771. The second kappa shape index (κ2) is 7.96. The maximum absolute atomic E-state index is 6.28. The summed E-state index contributed by atoms with van der Waals surface area (Å²) in [6.45, 7) is 1.17. The lowest BCUT2D eigenvalue weighted by atomic mass is 10.00. The van der Waals surface area contributed by atoms with Gasteiger partial charge in [-0.15, -0.1) is 0 Å². The lowest BCUT2D eigenvalue weighted by Gasteiger charge is -2.25. The molecule has 4 atom stereocenters. The maximum atomic E-state index is 6.28. The highest BCUT2D eigenvalue weighted by Gasteiger charge is 2.45. The fraction of sp³-hybridized carbons (Fsp3) is 0.364. The van der Waals surface area contributed by atoms with Crippen molar-refractivity contribution >= 4 is 0 Å². The molecule has 4 rings (SSSR count). The van der Waals surface area contributed by atoms with Crippen molar-refractivity contribution in [1.82, 2.24) is 0 Å². The van der Waals surface area contributed by atoms with Crippen molar-refractivity contribution in [2.24, 2.45) is 0 Å². The molecular weight excluding hydrogens is 312 g/mol. The van der Waals surface area contributed by atoms with E-state index < -0.39 is 0 Å². The molecule has 1 saturated heterocycles. The van der Waals surface area contributed by atoms with Gasteiger partial charge in [-0.25, -0.2) is 0 Å². The van der Waals surface area contributed by atoms with Crippen molar-refractivity contribution in [1.29, 1.82) is 0 Å². The summed E-state index contributed by atoms with van der Waals surface area (Å²) in [5.41, 5.74) is 2.35. The Hall–Kier alpha value is -1.94. The van der Waals surface area contributed by atoms with E-state index in [-0.39, 0.29) is 24.4 Å². The van der Waals surface area contributed by atoms with Crippen LogP contribution in [0.4, 0.5) is 0 Å². The van der Waals surface area contributed by atoms with Gasteiger partial charge in [-0.2, -0.15) is 0 Å². The zero-order chi connectivity index (χ0) is 16.9. The molecule has 0 N–H and O–H groups in total. The lowest BCUT2D eigenvalue weighted by Crippen LogP contribution is -2.37. The number of allylic oxidation sites excluding steroid dienone is 1. The van der Waals surface area contributed by atoms with Gasteiger partial charge in [-0.3, -0.25) is 0 Å². The summed E-state index contributed by atoms with van der Waals surface area (Å²) in [6, 6.07) is 20.6. The monoisotopic (exact) mass is 336 g/mol. The molecule has 0 radical (unpaired) electrons. The second-order valence-electron chi connectivity index (χ2n) is 6.67. The van der Waals surface area contributed by atoms with Gasteiger partial charge < -0.3 is 14.2 Å². The van der Waals surface area contributed by atoms with Crippen molar-refractivity contribution in [3.05, 3.63) is 83.9 Å². The molecule has 2 aliphatic rings. The van der Waals surface area contributed by atoms with Gasteiger partial charge >= 0.3 is 0 Å². The first kappa shape index (κ1) is 16.5. The normalized spacial score (nSPS) is 28.0. The Morgan fingerprint density at radius 3 is 2.04 bits per heavy atom. The first-order chi connectivity index (χ1) is 12.4. The van der Waals surface area contributed by atoms with Crippen LogP contribution in [0.2, 0.25) is 0 Å². The molecule has 0 unspecified atom stereocenters. The molecule has 1 fully saturated rings. The van der Waals surface area contributed by atoms with E-state index in [1.165, 1.54) is 11.1 Å². The summed E-state index contributed by atoms with van der Waals surface area (Å²) in [5, 5.41) is 0. The van der Waals surface area contributed by atoms with Crippen LogP contribution in [-0.2, 0) is 27.4 Å². The zero-order valence-electron chi connectivity index (χ0n) is 14.3. The third-order valence-electron chi connectivity index (χ3n) is 4.86. The largest absolute Gasteiger partial charge is 0.368 e. The summed E-state index contributed by atoms with van der Waals surface area (Å²) in [7, 11) is 0. The van der Waals surface area contributed by atoms with E-state index in [4.69, 9.17) is 14.2 Å². The molecule has 2 bridgehead atoms. The smallest absolute Gasteiger partial charge is 0.116 e. The van der Waals surface area contributed by atoms with E-state index in [9.17, 15) is 0 Å². The van der Waals surface area contributed by atoms with E-state index >= 15 is 0 Å². The number of rotatable bonds is 6. The Bertz CT molecular complexity index is 683. The quantitative estimate of drug-likeness (QED) is 0.737. The number of fused-ring (bicyclic) bond motifs is 2. The maximum Gasteiger partial charge on any atom is 0.116 e. The van der Waals surface area contributed by atoms with Gasteiger partial charge in [0.15, 0.2) is 0 Å². The molecular formula is C22H24O3. The number of hydrogen-bond donors (Lipinski definition) is 0. The van der Waals surface area contributed by atoms with E-state index in [2.05, 4.69) is 36.4 Å². The molecule has 130 valence electrons. The molecule has 3 nitrogen and oxygen atoms in total. The van der Waals surface area contributed by atoms with Crippen molar-refractivity contribution in [3.63, 3.8) is 0 Å². The summed E-state index contributed by atoms with van der Waals surface area (Å²) >= 11 is 0. The molecule has 0 aliphatic carbocycles. The summed E-state index contributed by atoms with van der Waals surface area (Å²) in [6.07, 6.45) is 6.36. The molecule has 2 aliphatic heterocycles. The molecule has 0 amide bonds. The SMILES string of the molecule is C1=C[C@@H]2O[C@H](CC1)[C@@H](OCc1ccccc1)[C@@H]2OCc1ccccc1. The molecule has 0 aromatic heterocycles. The standard InChI is InChI=1S/C22H24O3/c1-3-9-17(10-4-1)15-23-21-19-13-7-8-14-20(25-19)22(21)24-16-18-11-5-2-6-12-18/h1-7,9-13,19-22H,8,14-16H2/t19-,20+,21+,22+/m0/s1. The predicted octanol–water partition coefficient (Wildman–Crippen LogP) is 4.27. The molecule has 0 saturated carbocycles. The third kappa shape index (κ3) is 4.01. The number of benzene rings is 2. The van der Waals surface area contributed by atoms with E-state index in [0.29, 0.717) is 13.2 Å². The highest BCUT2D eigenvalue weighted by Crippen LogP contribution is 2.33. The first-order valence-electron chi connectivity index (χ1n) is 9.03. The zero-order valence-corrected chi connectivity index (χ0v) is 14.3. The van der Waals surface area contributed by atoms with Crippen LogP contribution in [0.3, 0.4) is 0 Å². The van der Waals surface area contributed by atoms with Crippen LogP contribution < -0.4 is 0 Å². The molecule has 2 aromatic rings. The van der Waals surface area contributed by atoms with Crippen molar-refractivity contribution in [2.75, 3.05) is 0 Å². The van der Waals surface area contributed by atoms with Crippen LogP contribution in [0.5, 0.6) is 0 Å². The van der Waals surface area contributed by atoms with Crippen molar-refractivity contribution < 1.29 is 14.2 Å². The number of ether oxygens (including phenoxy) is 3. The third-order valence-corrected chi connectivity index (χ3v) is 4.86. The fourth-order valence-electron chi connectivity index (χ4n) is 3.56. The van der Waals surface area contributed by atoms with Crippen LogP contribution in [-0.4, -0.2) is 24.4 Å². The predicted molar refractivity (Wildman–Crippen MR) is 97.1 cm³/mol. The topological polar surface area (TPSA) is 27.7 Å². The van der Waals surface area contributed by atoms with Crippen molar-refractivity contribution in [3.8, 4) is 0 Å². The Morgan fingerprint density at radius 2 is 1.40 bits per heavy atom. The molecule has 2 aromatic carbocycles. The summed E-state index contributed by atoms with van der Waals surface area (Å²) in [5.74, 6) is 0. The van der Waals surface area contributed by atoms with Crippen LogP contribution in [0.1, 0.15) is 24.0 Å². The highest BCUT2D eigenvalue weighted by atomic mass is 16.6. The minimum Gasteiger partial charge on any atom is -0.368 e. The van der Waals surface area contributed by atoms with E-state index in [1.807, 2.05) is 36.4 Å². The summed E-state index contributed by atoms with van der Waals surface area (Å²) in [4.78, 5) is 0. The van der Waals surface area contributed by atoms with Crippen LogP contribution in [0.25, 0.3) is 0 Å². The van der Waals surface area contributed by atoms with Crippen LogP contribution in [0.15, 0.2) is 72.8 Å². The molecule has 25 heavy (non-hydrogen) atoms. The first-order valence-corrected chi connectivity index (χ1v) is 9.03. The Balaban J connectivity index is 1.45. The minimum absolute atomic E-state index is 0.0167. The number of hydrogen-bond acceptors (Lipinski definition) is 3. The molecule has 3 heteroatoms. The van der Waals surface area contributed by atoms with E-state index in [1.54, 1.807) is 0 Å². The van der Waals surface area contributed by atoms with E-state index in [0.717, 1.165) is 12.8 Å². The fourth-order valence-corrected chi connectivity index (χ4v) is 3.56. The Kier molecular flexibility index (Phi) is 5.26. The van der Waals surface area contributed by atoms with Gasteiger partial charge in [0.2, 0.25) is 0 Å². The highest BCUT2D eigenvalue weighted by molar-refractivity contribution is 5.15. The van der Waals surface area contributed by atoms with Crippen LogP contribution in [0, 0.1) is 0 Å². The van der Waals surface area contributed by atoms with Crippen molar-refractivity contribution in [2.45, 2.75) is 50.5 Å². The van der Waals surface area contributed by atoms with Gasteiger partial charge in [-0.1, -0.05) is 72.8 Å². The average Bonchev–Trinajstić information content (AvgIpc) is 2.81. The average molecular weight is 336 g/mol. The van der Waals surface area contributed by atoms with Gasteiger partial charge in [0, 0.05) is 0 Å². The second-order valence-corrected chi connectivity index (χ2v) is 6.67. The molecule has 2 heterocycles. The van der Waals surface area contributed by atoms with Gasteiger partial charge in [0.1, 0.15) is 18.3 Å². The Morgan fingerprint density at radius 1 is 0.800 bits per heavy atom. The van der Waals surface area contributed by atoms with Crippen LogP contribution >= 0.6 is 0 Å². The van der Waals surface area contributed by atoms with Gasteiger partial charge in [0.05, 0.1) is 19.3 Å².